The van der Waals surface area contributed by atoms with Crippen LogP contribution < -0.4 is 0 Å². The molecule has 3 aromatic rings. The van der Waals surface area contributed by atoms with Crippen LogP contribution in [-0.4, -0.2) is 19.8 Å². The van der Waals surface area contributed by atoms with Gasteiger partial charge in [-0.05, 0) is 41.1 Å². The molecule has 0 bridgehead atoms. The van der Waals surface area contributed by atoms with Gasteiger partial charge in [0.25, 0.3) is 0 Å². The summed E-state index contributed by atoms with van der Waals surface area (Å²) >= 11 is 6.63. The van der Waals surface area contributed by atoms with Gasteiger partial charge < -0.3 is 0 Å². The standard InChI is InChI=1S/C20H12N2O2S5/c23-17(13-7-3-1-4-8-13)27-19-20(28-18(24)14-9-5-2-6-10-14)26-16(25-19)11-15-12-21-22-29-15/h1-12H. The first-order chi connectivity index (χ1) is 14.2. The van der Waals surface area contributed by atoms with Gasteiger partial charge in [0.05, 0.1) is 23.8 Å². The van der Waals surface area contributed by atoms with E-state index >= 15 is 0 Å². The van der Waals surface area contributed by atoms with Gasteiger partial charge in [0, 0.05) is 11.1 Å². The van der Waals surface area contributed by atoms with Crippen LogP contribution in [0.3, 0.4) is 0 Å². The molecular formula is C20H12N2O2S5. The Labute approximate surface area is 188 Å². The second-order valence-electron chi connectivity index (χ2n) is 5.57. The second kappa shape index (κ2) is 9.82. The summed E-state index contributed by atoms with van der Waals surface area (Å²) < 4.78 is 6.51. The Kier molecular flexibility index (Phi) is 6.94. The van der Waals surface area contributed by atoms with Gasteiger partial charge in [-0.2, -0.15) is 0 Å². The monoisotopic (exact) mass is 472 g/mol. The van der Waals surface area contributed by atoms with E-state index in [0.717, 1.165) is 41.1 Å². The topological polar surface area (TPSA) is 59.9 Å². The van der Waals surface area contributed by atoms with E-state index in [1.165, 1.54) is 35.1 Å². The summed E-state index contributed by atoms with van der Waals surface area (Å²) in [5, 5.41) is 3.77. The van der Waals surface area contributed by atoms with Crippen molar-refractivity contribution >= 4 is 74.9 Å². The number of benzene rings is 2. The van der Waals surface area contributed by atoms with Gasteiger partial charge in [-0.15, -0.1) is 5.10 Å². The fourth-order valence-corrected chi connectivity index (χ4v) is 8.09. The predicted octanol–water partition coefficient (Wildman–Crippen LogP) is 6.59. The lowest BCUT2D eigenvalue weighted by Gasteiger charge is -2.04. The molecule has 4 rings (SSSR count). The Morgan fingerprint density at radius 1 is 0.793 bits per heavy atom. The number of aromatic nitrogens is 2. The Morgan fingerprint density at radius 2 is 1.31 bits per heavy atom. The molecule has 1 aromatic heterocycles. The van der Waals surface area contributed by atoms with Crippen LogP contribution in [0.5, 0.6) is 0 Å². The molecule has 0 unspecified atom stereocenters. The van der Waals surface area contributed by atoms with Gasteiger partial charge in [-0.25, -0.2) is 0 Å². The SMILES string of the molecule is O=C(SC1=C(SC(=O)c2ccccc2)SC(=Cc2cnns2)S1)c1ccccc1. The molecular weight excluding hydrogens is 461 g/mol. The van der Waals surface area contributed by atoms with E-state index < -0.39 is 0 Å². The zero-order chi connectivity index (χ0) is 20.1. The summed E-state index contributed by atoms with van der Waals surface area (Å²) in [5.41, 5.74) is 1.27. The molecule has 0 radical (unpaired) electrons. The van der Waals surface area contributed by atoms with E-state index in [-0.39, 0.29) is 10.2 Å². The summed E-state index contributed by atoms with van der Waals surface area (Å²) in [7, 11) is 0. The molecule has 0 amide bonds. The maximum atomic E-state index is 12.7. The van der Waals surface area contributed by atoms with Crippen molar-refractivity contribution in [3.05, 3.63) is 95.6 Å². The molecule has 2 aromatic carbocycles. The third kappa shape index (κ3) is 5.43. The van der Waals surface area contributed by atoms with E-state index in [2.05, 4.69) is 9.59 Å². The van der Waals surface area contributed by atoms with Gasteiger partial charge >= 0.3 is 0 Å². The Balaban J connectivity index is 1.57. The minimum Gasteiger partial charge on any atom is -0.281 e. The molecule has 0 saturated carbocycles. The quantitative estimate of drug-likeness (QED) is 0.412. The van der Waals surface area contributed by atoms with Crippen molar-refractivity contribution in [2.75, 3.05) is 0 Å². The van der Waals surface area contributed by atoms with Gasteiger partial charge in [0.15, 0.2) is 0 Å². The van der Waals surface area contributed by atoms with Crippen molar-refractivity contribution in [1.29, 1.82) is 0 Å². The van der Waals surface area contributed by atoms with Crippen LogP contribution >= 0.6 is 58.6 Å². The first-order valence-electron chi connectivity index (χ1n) is 8.32. The largest absolute Gasteiger partial charge is 0.281 e. The van der Waals surface area contributed by atoms with Crippen molar-refractivity contribution in [3.63, 3.8) is 0 Å². The van der Waals surface area contributed by atoms with Crippen molar-refractivity contribution in [2.45, 2.75) is 0 Å². The maximum Gasteiger partial charge on any atom is 0.224 e. The highest BCUT2D eigenvalue weighted by molar-refractivity contribution is 8.44. The smallest absolute Gasteiger partial charge is 0.224 e. The Bertz CT molecular complexity index is 1010. The summed E-state index contributed by atoms with van der Waals surface area (Å²) in [5.74, 6) is 0. The van der Waals surface area contributed by atoms with Crippen LogP contribution in [0.25, 0.3) is 6.08 Å². The maximum absolute atomic E-state index is 12.7. The molecule has 1 aliphatic rings. The van der Waals surface area contributed by atoms with Crippen molar-refractivity contribution in [3.8, 4) is 0 Å². The summed E-state index contributed by atoms with van der Waals surface area (Å²) in [6, 6.07) is 18.3. The van der Waals surface area contributed by atoms with Crippen LogP contribution in [0.2, 0.25) is 0 Å². The molecule has 9 heteroatoms. The van der Waals surface area contributed by atoms with E-state index in [9.17, 15) is 9.59 Å². The summed E-state index contributed by atoms with van der Waals surface area (Å²) in [6.07, 6.45) is 3.68. The molecule has 2 heterocycles. The third-order valence-corrected chi connectivity index (χ3v) is 9.25. The van der Waals surface area contributed by atoms with E-state index in [0.29, 0.717) is 11.1 Å². The molecule has 0 atom stereocenters. The van der Waals surface area contributed by atoms with E-state index in [1.807, 2.05) is 42.5 Å². The molecule has 0 fully saturated rings. The zero-order valence-electron chi connectivity index (χ0n) is 14.7. The van der Waals surface area contributed by atoms with Crippen molar-refractivity contribution < 1.29 is 9.59 Å². The number of hydrogen-bond acceptors (Lipinski definition) is 9. The number of carbonyl (C=O) groups excluding carboxylic acids is 2. The Hall–Kier alpha value is -1.78. The number of nitrogens with zero attached hydrogens (tertiary/aromatic N) is 2. The first kappa shape index (κ1) is 20.5. The van der Waals surface area contributed by atoms with Crippen LogP contribution in [0, 0.1) is 0 Å². The fourth-order valence-electron chi connectivity index (χ4n) is 2.26. The second-order valence-corrected chi connectivity index (χ2v) is 11.2. The third-order valence-electron chi connectivity index (χ3n) is 3.58. The average Bonchev–Trinajstić information content (AvgIpc) is 3.39. The highest BCUT2D eigenvalue weighted by Crippen LogP contribution is 2.58. The van der Waals surface area contributed by atoms with Gasteiger partial charge in [-0.1, -0.05) is 88.7 Å². The number of hydrogen-bond donors (Lipinski definition) is 0. The summed E-state index contributed by atoms with van der Waals surface area (Å²) in [4.78, 5) is 26.3. The van der Waals surface area contributed by atoms with Crippen molar-refractivity contribution in [1.82, 2.24) is 9.59 Å². The van der Waals surface area contributed by atoms with Crippen molar-refractivity contribution in [2.24, 2.45) is 0 Å². The zero-order valence-corrected chi connectivity index (χ0v) is 18.8. The molecule has 1 aliphatic heterocycles. The molecule has 144 valence electrons. The van der Waals surface area contributed by atoms with E-state index in [4.69, 9.17) is 0 Å². The number of carbonyl (C=O) groups is 2. The average molecular weight is 473 g/mol. The van der Waals surface area contributed by atoms with Crippen LogP contribution in [0.4, 0.5) is 0 Å². The highest BCUT2D eigenvalue weighted by atomic mass is 32.3. The summed E-state index contributed by atoms with van der Waals surface area (Å²) in [6.45, 7) is 0. The van der Waals surface area contributed by atoms with Crippen LogP contribution in [0.15, 0.2) is 79.6 Å². The Morgan fingerprint density at radius 3 is 1.76 bits per heavy atom. The molecule has 0 saturated heterocycles. The fraction of sp³-hybridized carbons (Fsp3) is 0. The van der Waals surface area contributed by atoms with Gasteiger partial charge in [0.2, 0.25) is 10.2 Å². The normalized spacial score (nSPS) is 13.6. The highest BCUT2D eigenvalue weighted by Gasteiger charge is 2.27. The lowest BCUT2D eigenvalue weighted by molar-refractivity contribution is 0.108. The minimum absolute atomic E-state index is 0.0420. The molecule has 29 heavy (non-hydrogen) atoms. The molecule has 0 aliphatic carbocycles. The number of rotatable bonds is 5. The van der Waals surface area contributed by atoms with Gasteiger partial charge in [-0.3, -0.25) is 9.59 Å². The van der Waals surface area contributed by atoms with E-state index in [1.54, 1.807) is 30.5 Å². The number of thioether (sulfide) groups is 4. The molecule has 0 N–H and O–H groups in total. The van der Waals surface area contributed by atoms with Gasteiger partial charge in [0.1, 0.15) is 0 Å². The lowest BCUT2D eigenvalue weighted by Crippen LogP contribution is -1.94. The molecule has 0 spiro atoms. The van der Waals surface area contributed by atoms with Crippen LogP contribution in [-0.2, 0) is 0 Å². The molecule has 4 nitrogen and oxygen atoms in total. The minimum atomic E-state index is -0.0420. The first-order valence-corrected chi connectivity index (χ1v) is 12.4. The predicted molar refractivity (Wildman–Crippen MR) is 127 cm³/mol. The van der Waals surface area contributed by atoms with Crippen LogP contribution in [0.1, 0.15) is 25.6 Å². The lowest BCUT2D eigenvalue weighted by atomic mass is 10.2.